The van der Waals surface area contributed by atoms with Crippen LogP contribution in [0, 0.1) is 5.92 Å². The van der Waals surface area contributed by atoms with Crippen molar-refractivity contribution in [3.8, 4) is 0 Å². The van der Waals surface area contributed by atoms with Gasteiger partial charge >= 0.3 is 0 Å². The zero-order valence-corrected chi connectivity index (χ0v) is 10.4. The summed E-state index contributed by atoms with van der Waals surface area (Å²) in [5.41, 5.74) is 7.47. The van der Waals surface area contributed by atoms with E-state index in [4.69, 9.17) is 17.3 Å². The molecule has 0 bridgehead atoms. The van der Waals surface area contributed by atoms with Gasteiger partial charge in [0.25, 0.3) is 0 Å². The Bertz CT molecular complexity index is 320. The van der Waals surface area contributed by atoms with E-state index >= 15 is 0 Å². The lowest BCUT2D eigenvalue weighted by molar-refractivity contribution is 0.431. The summed E-state index contributed by atoms with van der Waals surface area (Å²) in [6.45, 7) is 0. The minimum absolute atomic E-state index is 0.416. The maximum Gasteiger partial charge on any atom is 0.0406 e. The number of benzene rings is 1. The van der Waals surface area contributed by atoms with Crippen LogP contribution in [0.4, 0.5) is 0 Å². The molecule has 2 N–H and O–H groups in total. The zero-order chi connectivity index (χ0) is 11.4. The monoisotopic (exact) mass is 237 g/mol. The van der Waals surface area contributed by atoms with Gasteiger partial charge in [-0.25, -0.2) is 0 Å². The van der Waals surface area contributed by atoms with E-state index in [1.807, 2.05) is 12.1 Å². The van der Waals surface area contributed by atoms with Gasteiger partial charge in [0.2, 0.25) is 0 Å². The number of nitrogens with two attached hydrogens (primary N) is 1. The summed E-state index contributed by atoms with van der Waals surface area (Å²) in [4.78, 5) is 0. The predicted octanol–water partition coefficient (Wildman–Crippen LogP) is 3.79. The molecule has 0 spiro atoms. The highest BCUT2D eigenvalue weighted by Gasteiger charge is 2.17. The maximum atomic E-state index is 6.08. The molecule has 0 radical (unpaired) electrons. The van der Waals surface area contributed by atoms with E-state index in [2.05, 4.69) is 12.1 Å². The van der Waals surface area contributed by atoms with Crippen LogP contribution in [-0.4, -0.2) is 6.04 Å². The van der Waals surface area contributed by atoms with Gasteiger partial charge in [0.05, 0.1) is 0 Å². The van der Waals surface area contributed by atoms with E-state index in [9.17, 15) is 0 Å². The van der Waals surface area contributed by atoms with Crippen molar-refractivity contribution in [2.45, 2.75) is 44.6 Å². The first-order valence-electron chi connectivity index (χ1n) is 6.24. The number of hydrogen-bond acceptors (Lipinski definition) is 1. The number of halogens is 1. The lowest BCUT2D eigenvalue weighted by atomic mass is 9.91. The number of hydrogen-bond donors (Lipinski definition) is 1. The van der Waals surface area contributed by atoms with E-state index in [-0.39, 0.29) is 0 Å². The minimum Gasteiger partial charge on any atom is -0.328 e. The van der Waals surface area contributed by atoms with E-state index in [1.54, 1.807) is 0 Å². The van der Waals surface area contributed by atoms with Gasteiger partial charge in [-0.2, -0.15) is 0 Å². The van der Waals surface area contributed by atoms with Crippen LogP contribution in [0.15, 0.2) is 24.3 Å². The third-order valence-electron chi connectivity index (χ3n) is 3.51. The number of rotatable bonds is 2. The summed E-state index contributed by atoms with van der Waals surface area (Å²) in [6.07, 6.45) is 7.52. The van der Waals surface area contributed by atoms with Crippen LogP contribution in [0.25, 0.3) is 0 Å². The van der Waals surface area contributed by atoms with Gasteiger partial charge in [0, 0.05) is 11.1 Å². The van der Waals surface area contributed by atoms with E-state index in [0.717, 1.165) is 17.4 Å². The topological polar surface area (TPSA) is 26.0 Å². The first-order valence-corrected chi connectivity index (χ1v) is 6.62. The molecule has 1 aromatic rings. The van der Waals surface area contributed by atoms with Gasteiger partial charge in [-0.1, -0.05) is 43.0 Å². The van der Waals surface area contributed by atoms with Crippen molar-refractivity contribution in [1.82, 2.24) is 0 Å². The van der Waals surface area contributed by atoms with Crippen molar-refractivity contribution in [3.63, 3.8) is 0 Å². The Morgan fingerprint density at radius 3 is 2.56 bits per heavy atom. The zero-order valence-electron chi connectivity index (χ0n) is 9.66. The van der Waals surface area contributed by atoms with Crippen molar-refractivity contribution in [2.24, 2.45) is 11.7 Å². The van der Waals surface area contributed by atoms with Gasteiger partial charge in [-0.15, -0.1) is 0 Å². The minimum atomic E-state index is 0.416. The van der Waals surface area contributed by atoms with Gasteiger partial charge in [-0.3, -0.25) is 0 Å². The average molecular weight is 238 g/mol. The molecule has 1 aliphatic rings. The maximum absolute atomic E-state index is 6.08. The summed E-state index contributed by atoms with van der Waals surface area (Å²) in [5.74, 6) is 0.763. The Labute approximate surface area is 103 Å². The SMILES string of the molecule is NC1CCCCC(Cc2ccc(Cl)cc2)C1. The molecule has 0 heterocycles. The largest absolute Gasteiger partial charge is 0.328 e. The molecule has 1 aromatic carbocycles. The van der Waals surface area contributed by atoms with Crippen LogP contribution in [0.2, 0.25) is 5.02 Å². The van der Waals surface area contributed by atoms with Crippen LogP contribution in [0.5, 0.6) is 0 Å². The Kier molecular flexibility index (Phi) is 4.25. The van der Waals surface area contributed by atoms with E-state index in [1.165, 1.54) is 37.7 Å². The first-order chi connectivity index (χ1) is 7.74. The van der Waals surface area contributed by atoms with E-state index < -0.39 is 0 Å². The van der Waals surface area contributed by atoms with E-state index in [0.29, 0.717) is 6.04 Å². The fourth-order valence-corrected chi connectivity index (χ4v) is 2.77. The molecule has 2 rings (SSSR count). The fraction of sp³-hybridized carbons (Fsp3) is 0.571. The molecular weight excluding hydrogens is 218 g/mol. The summed E-state index contributed by atoms with van der Waals surface area (Å²) in [5, 5.41) is 0.821. The predicted molar refractivity (Wildman–Crippen MR) is 69.7 cm³/mol. The second-order valence-corrected chi connectivity index (χ2v) is 5.41. The Hall–Kier alpha value is -0.530. The third kappa shape index (κ3) is 3.50. The van der Waals surface area contributed by atoms with Crippen LogP contribution in [-0.2, 0) is 6.42 Å². The van der Waals surface area contributed by atoms with Crippen LogP contribution in [0.1, 0.15) is 37.7 Å². The van der Waals surface area contributed by atoms with Crippen molar-refractivity contribution in [1.29, 1.82) is 0 Å². The van der Waals surface area contributed by atoms with Gasteiger partial charge in [0.1, 0.15) is 0 Å². The fourth-order valence-electron chi connectivity index (χ4n) is 2.64. The standard InChI is InChI=1S/C14H20ClN/c15-13-7-5-11(6-8-13)9-12-3-1-2-4-14(16)10-12/h5-8,12,14H,1-4,9-10,16H2. The average Bonchev–Trinajstić information content (AvgIpc) is 2.46. The molecule has 0 aliphatic heterocycles. The molecular formula is C14H20ClN. The smallest absolute Gasteiger partial charge is 0.0406 e. The first kappa shape index (κ1) is 11.9. The normalized spacial score (nSPS) is 26.4. The van der Waals surface area contributed by atoms with Crippen LogP contribution < -0.4 is 5.73 Å². The van der Waals surface area contributed by atoms with Crippen LogP contribution >= 0.6 is 11.6 Å². The lowest BCUT2D eigenvalue weighted by Crippen LogP contribution is -2.22. The second kappa shape index (κ2) is 5.70. The molecule has 2 atom stereocenters. The Morgan fingerprint density at radius 2 is 1.81 bits per heavy atom. The quantitative estimate of drug-likeness (QED) is 0.779. The summed E-state index contributed by atoms with van der Waals surface area (Å²) >= 11 is 5.88. The van der Waals surface area contributed by atoms with Gasteiger partial charge in [-0.05, 0) is 42.9 Å². The molecule has 2 heteroatoms. The lowest BCUT2D eigenvalue weighted by Gasteiger charge is -2.17. The molecule has 1 aliphatic carbocycles. The van der Waals surface area contributed by atoms with Crippen LogP contribution in [0.3, 0.4) is 0 Å². The van der Waals surface area contributed by atoms with Crippen molar-refractivity contribution < 1.29 is 0 Å². The van der Waals surface area contributed by atoms with Crippen molar-refractivity contribution in [3.05, 3.63) is 34.9 Å². The highest BCUT2D eigenvalue weighted by molar-refractivity contribution is 6.30. The molecule has 88 valence electrons. The Balaban J connectivity index is 1.95. The highest BCUT2D eigenvalue weighted by atomic mass is 35.5. The molecule has 0 aromatic heterocycles. The highest BCUT2D eigenvalue weighted by Crippen LogP contribution is 2.26. The van der Waals surface area contributed by atoms with Gasteiger partial charge < -0.3 is 5.73 Å². The molecule has 0 amide bonds. The molecule has 1 nitrogen and oxygen atoms in total. The summed E-state index contributed by atoms with van der Waals surface area (Å²) in [7, 11) is 0. The molecule has 2 unspecified atom stereocenters. The van der Waals surface area contributed by atoms with Crippen molar-refractivity contribution >= 4 is 11.6 Å². The molecule has 16 heavy (non-hydrogen) atoms. The summed E-state index contributed by atoms with van der Waals surface area (Å²) in [6, 6.07) is 8.65. The Morgan fingerprint density at radius 1 is 1.12 bits per heavy atom. The second-order valence-electron chi connectivity index (χ2n) is 4.98. The molecule has 1 saturated carbocycles. The van der Waals surface area contributed by atoms with Gasteiger partial charge in [0.15, 0.2) is 0 Å². The van der Waals surface area contributed by atoms with Crippen molar-refractivity contribution in [2.75, 3.05) is 0 Å². The summed E-state index contributed by atoms with van der Waals surface area (Å²) < 4.78 is 0. The third-order valence-corrected chi connectivity index (χ3v) is 3.76. The molecule has 0 saturated heterocycles. The molecule has 1 fully saturated rings.